The molecule has 2 aliphatic carbocycles. The smallest absolute Gasteiger partial charge is 0.262 e. The fourth-order valence-corrected chi connectivity index (χ4v) is 9.87. The Bertz CT molecular complexity index is 2880. The van der Waals surface area contributed by atoms with Gasteiger partial charge in [-0.2, -0.15) is 0 Å². The molecule has 6 aromatic carbocycles. The lowest BCUT2D eigenvalue weighted by molar-refractivity contribution is -0.119. The van der Waals surface area contributed by atoms with Gasteiger partial charge in [0.05, 0.1) is 44.5 Å². The Balaban J connectivity index is 0.000000162. The van der Waals surface area contributed by atoms with Crippen LogP contribution >= 0.6 is 0 Å². The van der Waals surface area contributed by atoms with E-state index in [-0.39, 0.29) is 30.2 Å². The molecule has 0 aromatic heterocycles. The molecule has 10 rings (SSSR count). The second-order valence-electron chi connectivity index (χ2n) is 17.5. The number of Topliss-reactive ketones (excluding diaryl/α,β-unsaturated/α-hetero) is 2. The van der Waals surface area contributed by atoms with Crippen LogP contribution in [0.25, 0.3) is 0 Å². The van der Waals surface area contributed by atoms with Crippen molar-refractivity contribution in [3.63, 3.8) is 0 Å². The summed E-state index contributed by atoms with van der Waals surface area (Å²) < 4.78 is 0. The summed E-state index contributed by atoms with van der Waals surface area (Å²) in [6, 6.07) is 45.6. The molecule has 2 fully saturated rings. The summed E-state index contributed by atoms with van der Waals surface area (Å²) in [6.07, 6.45) is 0.977. The number of amides is 4. The van der Waals surface area contributed by atoms with Crippen LogP contribution < -0.4 is 0 Å². The number of hydrogen-bond donors (Lipinski definition) is 2. The molecule has 10 nitrogen and oxygen atoms in total. The van der Waals surface area contributed by atoms with Crippen molar-refractivity contribution < 1.29 is 39.0 Å². The van der Waals surface area contributed by atoms with Crippen molar-refractivity contribution in [1.82, 2.24) is 9.80 Å². The van der Waals surface area contributed by atoms with Gasteiger partial charge in [0.2, 0.25) is 11.6 Å². The van der Waals surface area contributed by atoms with Gasteiger partial charge in [-0.3, -0.25) is 38.6 Å². The number of hydrogen-bond acceptors (Lipinski definition) is 8. The van der Waals surface area contributed by atoms with E-state index in [0.717, 1.165) is 16.7 Å². The molecule has 316 valence electrons. The minimum absolute atomic E-state index is 0.182. The van der Waals surface area contributed by atoms with Crippen LogP contribution in [0.2, 0.25) is 0 Å². The van der Waals surface area contributed by atoms with Crippen LogP contribution in [0.5, 0.6) is 0 Å². The van der Waals surface area contributed by atoms with E-state index >= 15 is 0 Å². The average Bonchev–Trinajstić information content (AvgIpc) is 3.71. The van der Waals surface area contributed by atoms with Gasteiger partial charge in [0.25, 0.3) is 23.6 Å². The number of fused-ring (bicyclic) bond motifs is 2. The molecule has 0 radical (unpaired) electrons. The molecule has 2 N–H and O–H groups in total. The van der Waals surface area contributed by atoms with Gasteiger partial charge in [-0.05, 0) is 73.5 Å². The summed E-state index contributed by atoms with van der Waals surface area (Å²) in [5.41, 5.74) is 1.44. The molecule has 2 saturated carbocycles. The maximum Gasteiger partial charge on any atom is 0.262 e. The highest BCUT2D eigenvalue weighted by Crippen LogP contribution is 2.56. The predicted octanol–water partition coefficient (Wildman–Crippen LogP) is 7.91. The molecule has 0 saturated heterocycles. The molecular weight excluding hydrogens is 805 g/mol. The van der Waals surface area contributed by atoms with E-state index in [1.165, 1.54) is 21.9 Å². The maximum atomic E-state index is 13.2. The number of benzene rings is 6. The number of imide groups is 2. The quantitative estimate of drug-likeness (QED) is 0.0713. The van der Waals surface area contributed by atoms with E-state index in [2.05, 4.69) is 11.8 Å². The van der Waals surface area contributed by atoms with Gasteiger partial charge in [-0.1, -0.05) is 121 Å². The molecule has 0 atom stereocenters. The Kier molecular flexibility index (Phi) is 10.2. The number of nitrogens with zero attached hydrogens (tertiary/aromatic N) is 2. The largest absolute Gasteiger partial charge is 0.390 e. The van der Waals surface area contributed by atoms with E-state index in [0.29, 0.717) is 46.2 Å². The number of carbonyl (C=O) groups is 6. The molecule has 10 heteroatoms. The molecule has 0 unspecified atom stereocenters. The third-order valence-electron chi connectivity index (χ3n) is 12.6. The van der Waals surface area contributed by atoms with Gasteiger partial charge in [0.15, 0.2) is 0 Å². The maximum absolute atomic E-state index is 13.2. The molecule has 2 aliphatic heterocycles. The first-order valence-electron chi connectivity index (χ1n) is 21.0. The van der Waals surface area contributed by atoms with E-state index in [1.54, 1.807) is 105 Å². The molecule has 2 heterocycles. The summed E-state index contributed by atoms with van der Waals surface area (Å²) in [4.78, 5) is 80.5. The zero-order valence-corrected chi connectivity index (χ0v) is 35.1. The fraction of sp³-hybridized carbons (Fsp3) is 0.185. The summed E-state index contributed by atoms with van der Waals surface area (Å²) in [6.45, 7) is 3.41. The highest BCUT2D eigenvalue weighted by molar-refractivity contribution is 6.49. The number of ketones is 2. The highest BCUT2D eigenvalue weighted by atomic mass is 16.3. The highest BCUT2D eigenvalue weighted by Gasteiger charge is 2.62. The van der Waals surface area contributed by atoms with Gasteiger partial charge >= 0.3 is 0 Å². The molecule has 6 aromatic rings. The van der Waals surface area contributed by atoms with Gasteiger partial charge < -0.3 is 10.2 Å². The number of aliphatic hydroxyl groups is 2. The lowest BCUT2D eigenvalue weighted by Crippen LogP contribution is -2.63. The zero-order valence-electron chi connectivity index (χ0n) is 35.1. The van der Waals surface area contributed by atoms with Crippen LogP contribution in [-0.2, 0) is 11.1 Å². The van der Waals surface area contributed by atoms with Crippen LogP contribution in [0.4, 0.5) is 0 Å². The van der Waals surface area contributed by atoms with Gasteiger partial charge in [-0.25, -0.2) is 0 Å². The second kappa shape index (κ2) is 15.6. The first kappa shape index (κ1) is 41.8. The zero-order chi connectivity index (χ0) is 45.0. The van der Waals surface area contributed by atoms with Crippen LogP contribution in [0.15, 0.2) is 158 Å². The third-order valence-corrected chi connectivity index (χ3v) is 12.6. The molecule has 4 aliphatic rings. The SMILES string of the molecule is CC1(O)CC(c2ccc(C#Cc3ccccc3)cc2)(N2C(=O)c3ccccc3C2=O)C1.CC1(O)CC(c2ccc(C(=O)C(=O)c3ccccc3)cc2)(N2C(=O)c3ccccc3C2=O)C1. The topological polar surface area (TPSA) is 149 Å². The first-order chi connectivity index (χ1) is 30.6. The Morgan fingerprint density at radius 3 is 1.08 bits per heavy atom. The third kappa shape index (κ3) is 7.15. The number of rotatable bonds is 7. The molecule has 0 spiro atoms. The Hall–Kier alpha value is -7.58. The Morgan fingerprint density at radius 1 is 0.422 bits per heavy atom. The fourth-order valence-electron chi connectivity index (χ4n) is 9.87. The van der Waals surface area contributed by atoms with E-state index in [1.807, 2.05) is 54.6 Å². The van der Waals surface area contributed by atoms with Crippen molar-refractivity contribution in [1.29, 1.82) is 0 Å². The van der Waals surface area contributed by atoms with Crippen LogP contribution in [0.3, 0.4) is 0 Å². The minimum atomic E-state index is -1.03. The van der Waals surface area contributed by atoms with Gasteiger partial charge in [0.1, 0.15) is 0 Å². The Morgan fingerprint density at radius 2 is 0.719 bits per heavy atom. The van der Waals surface area contributed by atoms with Gasteiger partial charge in [0, 0.05) is 47.9 Å². The molecule has 0 bridgehead atoms. The predicted molar refractivity (Wildman–Crippen MR) is 237 cm³/mol. The standard InChI is InChI=1S/C27H21NO5.C27H21NO3/c1-26(33)15-27(16-26,28-24(31)20-9-5-6-10-21(20)25(28)32)19-13-11-18(12-14-19)23(30)22(29)17-7-3-2-4-8-17;1-26(31)17-27(18-26,28-24(29)22-9-5-6-10-23(22)25(28)30)21-15-13-20(14-16-21)12-11-19-7-3-2-4-8-19/h2-14,33H,15-16H2,1H3;2-10,13-16,31H,17-18H2,1H3. The summed E-state index contributed by atoms with van der Waals surface area (Å²) in [7, 11) is 0. The summed E-state index contributed by atoms with van der Waals surface area (Å²) in [5.74, 6) is 3.64. The second-order valence-corrected chi connectivity index (χ2v) is 17.5. The summed E-state index contributed by atoms with van der Waals surface area (Å²) >= 11 is 0. The lowest BCUT2D eigenvalue weighted by Gasteiger charge is -2.55. The van der Waals surface area contributed by atoms with Crippen molar-refractivity contribution in [2.45, 2.75) is 61.8 Å². The van der Waals surface area contributed by atoms with E-state index in [4.69, 9.17) is 0 Å². The minimum Gasteiger partial charge on any atom is -0.390 e. The van der Waals surface area contributed by atoms with E-state index in [9.17, 15) is 39.0 Å². The monoisotopic (exact) mass is 846 g/mol. The molecule has 4 amide bonds. The van der Waals surface area contributed by atoms with Crippen LogP contribution in [0, 0.1) is 11.8 Å². The van der Waals surface area contributed by atoms with Crippen LogP contribution in [0.1, 0.15) is 124 Å². The first-order valence-corrected chi connectivity index (χ1v) is 21.0. The number of carbonyl (C=O) groups excluding carboxylic acids is 6. The lowest BCUT2D eigenvalue weighted by atomic mass is 9.61. The van der Waals surface area contributed by atoms with Crippen molar-refractivity contribution in [2.75, 3.05) is 0 Å². The molecule has 64 heavy (non-hydrogen) atoms. The Labute approximate surface area is 369 Å². The van der Waals surface area contributed by atoms with Crippen molar-refractivity contribution >= 4 is 35.2 Å². The molecular formula is C54H42N2O8. The van der Waals surface area contributed by atoms with E-state index < -0.39 is 45.7 Å². The van der Waals surface area contributed by atoms with Crippen LogP contribution in [-0.4, -0.2) is 66.4 Å². The average molecular weight is 847 g/mol. The van der Waals surface area contributed by atoms with Crippen molar-refractivity contribution in [2.24, 2.45) is 0 Å². The van der Waals surface area contributed by atoms with Crippen molar-refractivity contribution in [3.8, 4) is 11.8 Å². The van der Waals surface area contributed by atoms with Crippen molar-refractivity contribution in [3.05, 3.63) is 213 Å². The normalized spacial score (nSPS) is 24.0. The summed E-state index contributed by atoms with van der Waals surface area (Å²) in [5, 5.41) is 21.1. The van der Waals surface area contributed by atoms with Gasteiger partial charge in [-0.15, -0.1) is 0 Å².